The van der Waals surface area contributed by atoms with Crippen LogP contribution in [0, 0.1) is 17.3 Å². The summed E-state index contributed by atoms with van der Waals surface area (Å²) in [5, 5.41) is 15.3. The number of ether oxygens (including phenoxy) is 1. The zero-order chi connectivity index (χ0) is 17.5. The number of amides is 3. The number of imide groups is 1. The van der Waals surface area contributed by atoms with Crippen molar-refractivity contribution in [2.45, 2.75) is 64.0 Å². The van der Waals surface area contributed by atoms with Gasteiger partial charge in [-0.15, -0.1) is 0 Å². The summed E-state index contributed by atoms with van der Waals surface area (Å²) in [5.41, 5.74) is -1.40. The first-order chi connectivity index (χ1) is 11.2. The average Bonchev–Trinajstić information content (AvgIpc) is 2.40. The van der Waals surface area contributed by atoms with Gasteiger partial charge in [0.15, 0.2) is 6.61 Å². The normalized spacial score (nSPS) is 36.5. The van der Waals surface area contributed by atoms with E-state index in [1.807, 2.05) is 0 Å². The topological polar surface area (TPSA) is 105 Å². The fourth-order valence-electron chi connectivity index (χ4n) is 5.20. The molecule has 0 spiro atoms. The van der Waals surface area contributed by atoms with Gasteiger partial charge in [0.05, 0.1) is 11.0 Å². The summed E-state index contributed by atoms with van der Waals surface area (Å²) in [4.78, 5) is 35.8. The molecule has 24 heavy (non-hydrogen) atoms. The summed E-state index contributed by atoms with van der Waals surface area (Å²) < 4.78 is 5.20. The predicted molar refractivity (Wildman–Crippen MR) is 84.8 cm³/mol. The van der Waals surface area contributed by atoms with Gasteiger partial charge in [-0.1, -0.05) is 0 Å². The largest absolute Gasteiger partial charge is 0.455 e. The molecule has 7 nitrogen and oxygen atoms in total. The minimum Gasteiger partial charge on any atom is -0.455 e. The van der Waals surface area contributed by atoms with Crippen molar-refractivity contribution >= 4 is 17.9 Å². The van der Waals surface area contributed by atoms with Gasteiger partial charge in [0.25, 0.3) is 5.91 Å². The molecule has 2 atom stereocenters. The molecule has 4 saturated carbocycles. The highest BCUT2D eigenvalue weighted by Gasteiger charge is 2.60. The number of esters is 1. The number of nitrogens with one attached hydrogen (secondary N) is 2. The SMILES string of the molecule is CC(C)NC(=O)NC(=O)COC(=O)C12CC3CC(CC(O)(C3)C1)C2. The summed E-state index contributed by atoms with van der Waals surface area (Å²) in [7, 11) is 0. The molecule has 0 aromatic carbocycles. The van der Waals surface area contributed by atoms with Crippen LogP contribution in [-0.4, -0.2) is 41.3 Å². The molecule has 4 fully saturated rings. The first kappa shape index (κ1) is 17.2. The van der Waals surface area contributed by atoms with Crippen LogP contribution in [0.2, 0.25) is 0 Å². The number of rotatable bonds is 4. The van der Waals surface area contributed by atoms with E-state index in [9.17, 15) is 19.5 Å². The Labute approximate surface area is 141 Å². The predicted octanol–water partition coefficient (Wildman–Crippen LogP) is 1.10. The monoisotopic (exact) mass is 338 g/mol. The smallest absolute Gasteiger partial charge is 0.321 e. The minimum atomic E-state index is -0.748. The minimum absolute atomic E-state index is 0.0897. The van der Waals surface area contributed by atoms with Crippen LogP contribution in [0.25, 0.3) is 0 Å². The molecule has 4 aliphatic carbocycles. The van der Waals surface area contributed by atoms with Gasteiger partial charge >= 0.3 is 12.0 Å². The van der Waals surface area contributed by atoms with Crippen molar-refractivity contribution in [2.75, 3.05) is 6.61 Å². The maximum Gasteiger partial charge on any atom is 0.321 e. The van der Waals surface area contributed by atoms with E-state index in [-0.39, 0.29) is 6.04 Å². The quantitative estimate of drug-likeness (QED) is 0.666. The first-order valence-electron chi connectivity index (χ1n) is 8.70. The third-order valence-electron chi connectivity index (χ3n) is 5.47. The Morgan fingerprint density at radius 3 is 2.33 bits per heavy atom. The number of hydrogen-bond acceptors (Lipinski definition) is 5. The van der Waals surface area contributed by atoms with Gasteiger partial charge in [-0.25, -0.2) is 4.79 Å². The lowest BCUT2D eigenvalue weighted by molar-refractivity contribution is -0.196. The molecule has 0 heterocycles. The van der Waals surface area contributed by atoms with E-state index >= 15 is 0 Å². The van der Waals surface area contributed by atoms with Crippen molar-refractivity contribution in [2.24, 2.45) is 17.3 Å². The maximum atomic E-state index is 12.6. The van der Waals surface area contributed by atoms with Crippen LogP contribution < -0.4 is 10.6 Å². The molecule has 134 valence electrons. The molecule has 4 bridgehead atoms. The fourth-order valence-corrected chi connectivity index (χ4v) is 5.20. The molecule has 4 rings (SSSR count). The molecule has 7 heteroatoms. The Morgan fingerprint density at radius 2 is 1.79 bits per heavy atom. The summed E-state index contributed by atoms with van der Waals surface area (Å²) in [6.45, 7) is 3.09. The van der Waals surface area contributed by atoms with E-state index in [0.29, 0.717) is 18.3 Å². The Morgan fingerprint density at radius 1 is 1.17 bits per heavy atom. The lowest BCUT2D eigenvalue weighted by Gasteiger charge is -2.58. The highest BCUT2D eigenvalue weighted by atomic mass is 16.5. The van der Waals surface area contributed by atoms with Crippen LogP contribution in [0.15, 0.2) is 0 Å². The number of carbonyl (C=O) groups is 3. The highest BCUT2D eigenvalue weighted by molar-refractivity contribution is 5.95. The van der Waals surface area contributed by atoms with Crippen LogP contribution in [0.1, 0.15) is 52.4 Å². The van der Waals surface area contributed by atoms with Crippen LogP contribution >= 0.6 is 0 Å². The van der Waals surface area contributed by atoms with Crippen LogP contribution in [-0.2, 0) is 14.3 Å². The Bertz CT molecular complexity index is 545. The number of urea groups is 1. The lowest BCUT2D eigenvalue weighted by atomic mass is 9.48. The second-order valence-corrected chi connectivity index (χ2v) is 8.22. The van der Waals surface area contributed by atoms with Crippen molar-refractivity contribution in [3.8, 4) is 0 Å². The molecule has 0 aliphatic heterocycles. The molecular formula is C17H26N2O5. The molecule has 2 unspecified atom stereocenters. The summed E-state index contributed by atoms with van der Waals surface area (Å²) in [5.74, 6) is -0.316. The van der Waals surface area contributed by atoms with Crippen molar-refractivity contribution < 1.29 is 24.2 Å². The van der Waals surface area contributed by atoms with E-state index in [4.69, 9.17) is 4.74 Å². The van der Waals surface area contributed by atoms with Gasteiger partial charge in [-0.05, 0) is 64.2 Å². The zero-order valence-corrected chi connectivity index (χ0v) is 14.3. The molecule has 3 N–H and O–H groups in total. The molecule has 0 saturated heterocycles. The first-order valence-corrected chi connectivity index (χ1v) is 8.70. The standard InChI is InChI=1S/C17H26N2O5/c1-10(2)18-15(22)19-13(20)8-24-14(21)16-4-11-3-12(5-16)7-17(23,6-11)9-16/h10-12,23H,3-9H2,1-2H3,(H2,18,19,20,22). The molecule has 0 aromatic rings. The maximum absolute atomic E-state index is 12.6. The average molecular weight is 338 g/mol. The van der Waals surface area contributed by atoms with Gasteiger partial charge in [-0.2, -0.15) is 0 Å². The molecule has 4 aliphatic rings. The highest BCUT2D eigenvalue weighted by Crippen LogP contribution is 2.61. The summed E-state index contributed by atoms with van der Waals surface area (Å²) in [6, 6.07) is -0.691. The Hall–Kier alpha value is -1.63. The van der Waals surface area contributed by atoms with E-state index in [2.05, 4.69) is 10.6 Å². The van der Waals surface area contributed by atoms with E-state index in [0.717, 1.165) is 32.1 Å². The van der Waals surface area contributed by atoms with E-state index in [1.54, 1.807) is 13.8 Å². The van der Waals surface area contributed by atoms with Gasteiger partial charge < -0.3 is 15.2 Å². The summed E-state index contributed by atoms with van der Waals surface area (Å²) in [6.07, 6.45) is 4.53. The van der Waals surface area contributed by atoms with Gasteiger partial charge in [0.1, 0.15) is 0 Å². The molecule has 0 radical (unpaired) electrons. The van der Waals surface area contributed by atoms with E-state index in [1.165, 1.54) is 0 Å². The van der Waals surface area contributed by atoms with Crippen LogP contribution in [0.4, 0.5) is 4.79 Å². The second-order valence-electron chi connectivity index (χ2n) is 8.22. The molecular weight excluding hydrogens is 312 g/mol. The third-order valence-corrected chi connectivity index (χ3v) is 5.47. The van der Waals surface area contributed by atoms with Crippen LogP contribution in [0.5, 0.6) is 0 Å². The second kappa shape index (κ2) is 6.02. The van der Waals surface area contributed by atoms with Crippen molar-refractivity contribution in [3.05, 3.63) is 0 Å². The number of carbonyl (C=O) groups excluding carboxylic acids is 3. The zero-order valence-electron chi connectivity index (χ0n) is 14.3. The summed E-state index contributed by atoms with van der Waals surface area (Å²) >= 11 is 0. The van der Waals surface area contributed by atoms with Gasteiger partial charge in [0, 0.05) is 6.04 Å². The third kappa shape index (κ3) is 3.41. The van der Waals surface area contributed by atoms with Crippen molar-refractivity contribution in [1.82, 2.24) is 10.6 Å². The van der Waals surface area contributed by atoms with Crippen molar-refractivity contribution in [1.29, 1.82) is 0 Å². The number of hydrogen-bond donors (Lipinski definition) is 3. The van der Waals surface area contributed by atoms with Crippen LogP contribution in [0.3, 0.4) is 0 Å². The van der Waals surface area contributed by atoms with Gasteiger partial charge in [0.2, 0.25) is 0 Å². The Balaban J connectivity index is 1.54. The molecule has 3 amide bonds. The van der Waals surface area contributed by atoms with E-state index < -0.39 is 35.5 Å². The Kier molecular flexibility index (Phi) is 4.32. The lowest BCUT2D eigenvalue weighted by Crippen LogP contribution is -2.58. The van der Waals surface area contributed by atoms with Gasteiger partial charge in [-0.3, -0.25) is 14.9 Å². The number of aliphatic hydroxyl groups is 1. The fraction of sp³-hybridized carbons (Fsp3) is 0.824. The molecule has 0 aromatic heterocycles. The van der Waals surface area contributed by atoms with Crippen molar-refractivity contribution in [3.63, 3.8) is 0 Å².